The highest BCUT2D eigenvalue weighted by molar-refractivity contribution is 7.94. The summed E-state index contributed by atoms with van der Waals surface area (Å²) in [6, 6.07) is 8.58. The van der Waals surface area contributed by atoms with Gasteiger partial charge in [-0.25, -0.2) is 8.42 Å². The van der Waals surface area contributed by atoms with E-state index in [4.69, 9.17) is 5.26 Å². The van der Waals surface area contributed by atoms with Crippen LogP contribution < -0.4 is 0 Å². The molecule has 0 saturated heterocycles. The number of nitriles is 1. The van der Waals surface area contributed by atoms with Gasteiger partial charge < -0.3 is 0 Å². The van der Waals surface area contributed by atoms with Gasteiger partial charge in [0.25, 0.3) is 0 Å². The lowest BCUT2D eigenvalue weighted by atomic mass is 10.1. The largest absolute Gasteiger partial charge is 0.219 e. The number of nitrogens with zero attached hydrogens (tertiary/aromatic N) is 1. The molecular weight excluding hydrogens is 222 g/mol. The number of hydrogen-bond acceptors (Lipinski definition) is 3. The Bertz CT molecular complexity index is 546. The van der Waals surface area contributed by atoms with E-state index in [1.54, 1.807) is 18.2 Å². The second kappa shape index (κ2) is 4.11. The maximum atomic E-state index is 11.6. The standard InChI is InChI=1S/C12H11NO2S/c13-8-1-9-16(14,15)12-6-4-11(5-7-12)10-2-3-10/h1,4-7,9-10H,2-3H2/b9-1+. The molecule has 0 N–H and O–H groups in total. The van der Waals surface area contributed by atoms with Gasteiger partial charge in [-0.3, -0.25) is 0 Å². The van der Waals surface area contributed by atoms with E-state index in [0.29, 0.717) is 5.92 Å². The summed E-state index contributed by atoms with van der Waals surface area (Å²) in [5, 5.41) is 9.23. The summed E-state index contributed by atoms with van der Waals surface area (Å²) in [5.74, 6) is 0.617. The average molecular weight is 233 g/mol. The van der Waals surface area contributed by atoms with Crippen LogP contribution >= 0.6 is 0 Å². The lowest BCUT2D eigenvalue weighted by molar-refractivity contribution is 0.604. The summed E-state index contributed by atoms with van der Waals surface area (Å²) in [6.07, 6.45) is 3.37. The number of hydrogen-bond donors (Lipinski definition) is 0. The number of sulfone groups is 1. The fourth-order valence-electron chi connectivity index (χ4n) is 1.54. The summed E-state index contributed by atoms with van der Waals surface area (Å²) >= 11 is 0. The number of allylic oxidation sites excluding steroid dienone is 1. The molecule has 4 heteroatoms. The Morgan fingerprint density at radius 2 is 1.88 bits per heavy atom. The van der Waals surface area contributed by atoms with Gasteiger partial charge in [0.1, 0.15) is 0 Å². The topological polar surface area (TPSA) is 57.9 Å². The van der Waals surface area contributed by atoms with Gasteiger partial charge in [0.05, 0.1) is 11.0 Å². The van der Waals surface area contributed by atoms with E-state index < -0.39 is 9.84 Å². The first-order valence-electron chi connectivity index (χ1n) is 5.05. The van der Waals surface area contributed by atoms with Crippen molar-refractivity contribution in [3.05, 3.63) is 41.3 Å². The Balaban J connectivity index is 2.27. The molecule has 0 atom stereocenters. The molecule has 0 aromatic heterocycles. The van der Waals surface area contributed by atoms with Gasteiger partial charge in [0.15, 0.2) is 0 Å². The molecule has 0 spiro atoms. The summed E-state index contributed by atoms with van der Waals surface area (Å²) in [4.78, 5) is 0.239. The van der Waals surface area contributed by atoms with Crippen LogP contribution in [-0.2, 0) is 9.84 Å². The minimum atomic E-state index is -3.45. The third-order valence-corrected chi connectivity index (χ3v) is 4.00. The molecule has 0 radical (unpaired) electrons. The van der Waals surface area contributed by atoms with E-state index >= 15 is 0 Å². The molecule has 0 aliphatic heterocycles. The Morgan fingerprint density at radius 3 is 2.38 bits per heavy atom. The van der Waals surface area contributed by atoms with Crippen LogP contribution in [-0.4, -0.2) is 8.42 Å². The van der Waals surface area contributed by atoms with E-state index in [9.17, 15) is 8.42 Å². The van der Waals surface area contributed by atoms with Crippen LogP contribution in [0.5, 0.6) is 0 Å². The smallest absolute Gasteiger partial charge is 0.200 e. The van der Waals surface area contributed by atoms with E-state index in [2.05, 4.69) is 0 Å². The van der Waals surface area contributed by atoms with Crippen LogP contribution in [0, 0.1) is 11.3 Å². The predicted molar refractivity (Wildman–Crippen MR) is 60.4 cm³/mol. The van der Waals surface area contributed by atoms with Crippen molar-refractivity contribution in [3.8, 4) is 6.07 Å². The van der Waals surface area contributed by atoms with Gasteiger partial charge in [-0.2, -0.15) is 5.26 Å². The van der Waals surface area contributed by atoms with E-state index in [1.165, 1.54) is 18.4 Å². The highest BCUT2D eigenvalue weighted by Gasteiger charge is 2.23. The molecule has 0 bridgehead atoms. The molecule has 1 aromatic carbocycles. The minimum Gasteiger partial charge on any atom is -0.219 e. The molecule has 3 nitrogen and oxygen atoms in total. The molecule has 1 saturated carbocycles. The maximum absolute atomic E-state index is 11.6. The van der Waals surface area contributed by atoms with Crippen LogP contribution in [0.1, 0.15) is 24.3 Å². The number of benzene rings is 1. The van der Waals surface area contributed by atoms with Crippen LogP contribution in [0.15, 0.2) is 40.6 Å². The Hall–Kier alpha value is -1.60. The predicted octanol–water partition coefficient (Wildman–Crippen LogP) is 2.37. The average Bonchev–Trinajstić information content (AvgIpc) is 3.10. The van der Waals surface area contributed by atoms with Crippen molar-refractivity contribution in [2.24, 2.45) is 0 Å². The molecule has 0 unspecified atom stereocenters. The van der Waals surface area contributed by atoms with Crippen LogP contribution in [0.2, 0.25) is 0 Å². The first-order valence-corrected chi connectivity index (χ1v) is 6.59. The Morgan fingerprint density at radius 1 is 1.25 bits per heavy atom. The summed E-state index contributed by atoms with van der Waals surface area (Å²) < 4.78 is 23.3. The molecular formula is C12H11NO2S. The molecule has 16 heavy (non-hydrogen) atoms. The zero-order valence-corrected chi connectivity index (χ0v) is 9.44. The molecule has 1 aliphatic rings. The van der Waals surface area contributed by atoms with Gasteiger partial charge in [-0.05, 0) is 36.5 Å². The summed E-state index contributed by atoms with van der Waals surface area (Å²) in [6.45, 7) is 0. The Labute approximate surface area is 94.9 Å². The molecule has 0 heterocycles. The maximum Gasteiger partial charge on any atom is 0.200 e. The second-order valence-electron chi connectivity index (χ2n) is 3.82. The van der Waals surface area contributed by atoms with E-state index in [0.717, 1.165) is 11.5 Å². The monoisotopic (exact) mass is 233 g/mol. The zero-order chi connectivity index (χ0) is 11.6. The first kappa shape index (κ1) is 10.9. The van der Waals surface area contributed by atoms with Gasteiger partial charge >= 0.3 is 0 Å². The fraction of sp³-hybridized carbons (Fsp3) is 0.250. The van der Waals surface area contributed by atoms with Crippen molar-refractivity contribution in [3.63, 3.8) is 0 Å². The second-order valence-corrected chi connectivity index (χ2v) is 5.65. The van der Waals surface area contributed by atoms with Gasteiger partial charge in [0, 0.05) is 11.5 Å². The van der Waals surface area contributed by atoms with Gasteiger partial charge in [-0.1, -0.05) is 12.1 Å². The van der Waals surface area contributed by atoms with Crippen molar-refractivity contribution < 1.29 is 8.42 Å². The Kier molecular flexibility index (Phi) is 2.80. The SMILES string of the molecule is N#C/C=C/S(=O)(=O)c1ccc(C2CC2)cc1. The van der Waals surface area contributed by atoms with Gasteiger partial charge in [0.2, 0.25) is 9.84 Å². The zero-order valence-electron chi connectivity index (χ0n) is 8.63. The van der Waals surface area contributed by atoms with Crippen LogP contribution in [0.3, 0.4) is 0 Å². The molecule has 1 aliphatic carbocycles. The van der Waals surface area contributed by atoms with E-state index in [1.807, 2.05) is 12.1 Å². The third-order valence-electron chi connectivity index (χ3n) is 2.58. The quantitative estimate of drug-likeness (QED) is 0.753. The number of rotatable bonds is 3. The van der Waals surface area contributed by atoms with Crippen molar-refractivity contribution in [2.45, 2.75) is 23.7 Å². The van der Waals surface area contributed by atoms with Crippen molar-refractivity contribution in [1.29, 1.82) is 5.26 Å². The fourth-order valence-corrected chi connectivity index (χ4v) is 2.46. The normalized spacial score (nSPS) is 16.2. The molecule has 82 valence electrons. The summed E-state index contributed by atoms with van der Waals surface area (Å²) in [5.41, 5.74) is 1.20. The molecule has 0 amide bonds. The molecule has 1 aromatic rings. The summed E-state index contributed by atoms with van der Waals surface area (Å²) in [7, 11) is -3.45. The van der Waals surface area contributed by atoms with E-state index in [-0.39, 0.29) is 4.90 Å². The van der Waals surface area contributed by atoms with Crippen molar-refractivity contribution in [2.75, 3.05) is 0 Å². The van der Waals surface area contributed by atoms with Crippen molar-refractivity contribution >= 4 is 9.84 Å². The highest BCUT2D eigenvalue weighted by atomic mass is 32.2. The van der Waals surface area contributed by atoms with Gasteiger partial charge in [-0.15, -0.1) is 0 Å². The minimum absolute atomic E-state index is 0.239. The highest BCUT2D eigenvalue weighted by Crippen LogP contribution is 2.40. The third kappa shape index (κ3) is 2.31. The van der Waals surface area contributed by atoms with Crippen molar-refractivity contribution in [1.82, 2.24) is 0 Å². The lowest BCUT2D eigenvalue weighted by Crippen LogP contribution is -1.96. The van der Waals surface area contributed by atoms with Crippen LogP contribution in [0.25, 0.3) is 0 Å². The lowest BCUT2D eigenvalue weighted by Gasteiger charge is -2.01. The first-order chi connectivity index (χ1) is 7.63. The van der Waals surface area contributed by atoms with Crippen LogP contribution in [0.4, 0.5) is 0 Å². The molecule has 2 rings (SSSR count). The molecule has 1 fully saturated rings.